The van der Waals surface area contributed by atoms with Crippen molar-refractivity contribution in [2.24, 2.45) is 0 Å². The predicted molar refractivity (Wildman–Crippen MR) is 101 cm³/mol. The number of carboxylic acids is 1. The molecule has 0 bridgehead atoms. The number of nitrogens with zero attached hydrogens (tertiary/aromatic N) is 2. The van der Waals surface area contributed by atoms with Crippen LogP contribution in [0.4, 0.5) is 16.2 Å². The Bertz CT molecular complexity index is 625. The second-order valence-corrected chi connectivity index (χ2v) is 6.73. The number of piperidine rings is 1. The molecule has 2 heterocycles. The van der Waals surface area contributed by atoms with Crippen LogP contribution in [0.15, 0.2) is 24.3 Å². The van der Waals surface area contributed by atoms with E-state index in [0.29, 0.717) is 30.5 Å². The minimum atomic E-state index is -0.944. The van der Waals surface area contributed by atoms with E-state index < -0.39 is 5.97 Å². The smallest absolute Gasteiger partial charge is 0.322 e. The quantitative estimate of drug-likeness (QED) is 0.627. The number of hydrogen-bond acceptors (Lipinski definition) is 5. The summed E-state index contributed by atoms with van der Waals surface area (Å²) in [7, 11) is 0. The number of aliphatic carboxylic acids is 1. The summed E-state index contributed by atoms with van der Waals surface area (Å²) in [6.45, 7) is 5.17. The van der Waals surface area contributed by atoms with Crippen LogP contribution in [0.2, 0.25) is 0 Å². The van der Waals surface area contributed by atoms with Crippen molar-refractivity contribution in [1.82, 2.24) is 15.1 Å². The number of anilines is 2. The van der Waals surface area contributed by atoms with E-state index in [1.165, 1.54) is 12.8 Å². The van der Waals surface area contributed by atoms with Crippen molar-refractivity contribution in [3.8, 4) is 0 Å². The number of piperazine rings is 1. The van der Waals surface area contributed by atoms with E-state index in [9.17, 15) is 9.59 Å². The molecule has 3 rings (SSSR count). The largest absolute Gasteiger partial charge is 0.480 e. The summed E-state index contributed by atoms with van der Waals surface area (Å²) in [5.41, 5.74) is 1.20. The summed E-state index contributed by atoms with van der Waals surface area (Å²) in [6.07, 6.45) is 2.35. The van der Waals surface area contributed by atoms with Gasteiger partial charge in [-0.25, -0.2) is 4.79 Å². The van der Waals surface area contributed by atoms with E-state index >= 15 is 0 Å². The van der Waals surface area contributed by atoms with Gasteiger partial charge in [0.2, 0.25) is 0 Å². The predicted octanol–water partition coefficient (Wildman–Crippen LogP) is 1.08. The monoisotopic (exact) mass is 361 g/mol. The number of amides is 2. The molecule has 8 heteroatoms. The first-order valence-corrected chi connectivity index (χ1v) is 9.19. The lowest BCUT2D eigenvalue weighted by molar-refractivity contribution is -0.134. The first kappa shape index (κ1) is 18.5. The number of para-hydroxylation sites is 2. The SMILES string of the molecule is O=C(O)CNc1ccccc1NC(=O)N1CCN(C2CCNCC2)CC1. The molecule has 2 amide bonds. The maximum Gasteiger partial charge on any atom is 0.322 e. The van der Waals surface area contributed by atoms with E-state index in [0.717, 1.165) is 26.2 Å². The van der Waals surface area contributed by atoms with Gasteiger partial charge in [-0.2, -0.15) is 0 Å². The van der Waals surface area contributed by atoms with Crippen molar-refractivity contribution in [3.05, 3.63) is 24.3 Å². The third-order valence-corrected chi connectivity index (χ3v) is 5.03. The maximum absolute atomic E-state index is 12.6. The number of nitrogens with one attached hydrogen (secondary N) is 3. The van der Waals surface area contributed by atoms with Crippen LogP contribution in [0.3, 0.4) is 0 Å². The van der Waals surface area contributed by atoms with Gasteiger partial charge in [0.05, 0.1) is 11.4 Å². The standard InChI is InChI=1S/C18H27N5O3/c24-17(25)13-20-15-3-1-2-4-16(15)21-18(26)23-11-9-22(10-12-23)14-5-7-19-8-6-14/h1-4,14,19-20H,5-13H2,(H,21,26)(H,24,25). The van der Waals surface area contributed by atoms with Gasteiger partial charge < -0.3 is 26.0 Å². The van der Waals surface area contributed by atoms with E-state index in [1.54, 1.807) is 18.2 Å². The molecule has 0 saturated carbocycles. The van der Waals surface area contributed by atoms with Crippen LogP contribution >= 0.6 is 0 Å². The molecule has 0 atom stereocenters. The molecule has 1 aromatic carbocycles. The fourth-order valence-corrected chi connectivity index (χ4v) is 3.57. The molecule has 8 nitrogen and oxygen atoms in total. The highest BCUT2D eigenvalue weighted by Gasteiger charge is 2.27. The molecule has 0 aliphatic carbocycles. The first-order chi connectivity index (χ1) is 12.6. The zero-order valence-electron chi connectivity index (χ0n) is 14.9. The molecule has 2 aliphatic rings. The van der Waals surface area contributed by atoms with Crippen LogP contribution < -0.4 is 16.0 Å². The van der Waals surface area contributed by atoms with Crippen molar-refractivity contribution < 1.29 is 14.7 Å². The van der Waals surface area contributed by atoms with Crippen molar-refractivity contribution in [3.63, 3.8) is 0 Å². The highest BCUT2D eigenvalue weighted by Crippen LogP contribution is 2.22. The molecular formula is C18H27N5O3. The molecule has 0 spiro atoms. The van der Waals surface area contributed by atoms with E-state index in [2.05, 4.69) is 20.9 Å². The molecule has 2 aliphatic heterocycles. The minimum absolute atomic E-state index is 0.139. The number of rotatable bonds is 5. The number of hydrogen-bond donors (Lipinski definition) is 4. The second-order valence-electron chi connectivity index (χ2n) is 6.73. The molecular weight excluding hydrogens is 334 g/mol. The Labute approximate surface area is 153 Å². The van der Waals surface area contributed by atoms with Crippen LogP contribution in [-0.4, -0.2) is 78.8 Å². The van der Waals surface area contributed by atoms with E-state index in [4.69, 9.17) is 5.11 Å². The first-order valence-electron chi connectivity index (χ1n) is 9.19. The number of benzene rings is 1. The summed E-state index contributed by atoms with van der Waals surface area (Å²) >= 11 is 0. The zero-order chi connectivity index (χ0) is 18.4. The van der Waals surface area contributed by atoms with E-state index in [1.807, 2.05) is 11.0 Å². The van der Waals surface area contributed by atoms with Crippen LogP contribution in [0.5, 0.6) is 0 Å². The average molecular weight is 361 g/mol. The molecule has 142 valence electrons. The van der Waals surface area contributed by atoms with Gasteiger partial charge >= 0.3 is 12.0 Å². The summed E-state index contributed by atoms with van der Waals surface area (Å²) in [5.74, 6) is -0.944. The van der Waals surface area contributed by atoms with Crippen molar-refractivity contribution >= 4 is 23.4 Å². The average Bonchev–Trinajstić information content (AvgIpc) is 2.68. The normalized spacial score (nSPS) is 19.2. The maximum atomic E-state index is 12.6. The molecule has 0 radical (unpaired) electrons. The zero-order valence-corrected chi connectivity index (χ0v) is 14.9. The summed E-state index contributed by atoms with van der Waals surface area (Å²) < 4.78 is 0. The highest BCUT2D eigenvalue weighted by atomic mass is 16.4. The van der Waals surface area contributed by atoms with Gasteiger partial charge in [0.1, 0.15) is 6.54 Å². The fourth-order valence-electron chi connectivity index (χ4n) is 3.57. The van der Waals surface area contributed by atoms with Gasteiger partial charge in [-0.3, -0.25) is 9.69 Å². The van der Waals surface area contributed by atoms with Crippen molar-refractivity contribution in [2.75, 3.05) is 56.4 Å². The van der Waals surface area contributed by atoms with Gasteiger partial charge in [-0.15, -0.1) is 0 Å². The number of carbonyl (C=O) groups excluding carboxylic acids is 1. The van der Waals surface area contributed by atoms with Crippen LogP contribution in [0.1, 0.15) is 12.8 Å². The lowest BCUT2D eigenvalue weighted by Gasteiger charge is -2.40. The van der Waals surface area contributed by atoms with Gasteiger partial charge in [0, 0.05) is 32.2 Å². The minimum Gasteiger partial charge on any atom is -0.480 e. The number of urea groups is 1. The Hall–Kier alpha value is -2.32. The van der Waals surface area contributed by atoms with Gasteiger partial charge in [-0.05, 0) is 38.1 Å². The number of carboxylic acid groups (broad SMARTS) is 1. The third kappa shape index (κ3) is 4.86. The highest BCUT2D eigenvalue weighted by molar-refractivity contribution is 5.93. The molecule has 2 fully saturated rings. The molecule has 0 unspecified atom stereocenters. The lowest BCUT2D eigenvalue weighted by atomic mass is 10.0. The van der Waals surface area contributed by atoms with Gasteiger partial charge in [0.15, 0.2) is 0 Å². The third-order valence-electron chi connectivity index (χ3n) is 5.03. The Morgan fingerprint density at radius 3 is 2.38 bits per heavy atom. The second kappa shape index (κ2) is 8.86. The van der Waals surface area contributed by atoms with Gasteiger partial charge in [-0.1, -0.05) is 12.1 Å². The Morgan fingerprint density at radius 2 is 1.73 bits per heavy atom. The Kier molecular flexibility index (Phi) is 6.30. The molecule has 1 aromatic rings. The topological polar surface area (TPSA) is 96.9 Å². The fraction of sp³-hybridized carbons (Fsp3) is 0.556. The molecule has 4 N–H and O–H groups in total. The number of carbonyl (C=O) groups is 2. The summed E-state index contributed by atoms with van der Waals surface area (Å²) in [6, 6.07) is 7.64. The van der Waals surface area contributed by atoms with Gasteiger partial charge in [0.25, 0.3) is 0 Å². The summed E-state index contributed by atoms with van der Waals surface area (Å²) in [5, 5.41) is 17.9. The van der Waals surface area contributed by atoms with Crippen molar-refractivity contribution in [1.29, 1.82) is 0 Å². The molecule has 0 aromatic heterocycles. The van der Waals surface area contributed by atoms with Crippen molar-refractivity contribution in [2.45, 2.75) is 18.9 Å². The van der Waals surface area contributed by atoms with E-state index in [-0.39, 0.29) is 12.6 Å². The van der Waals surface area contributed by atoms with Crippen LogP contribution in [-0.2, 0) is 4.79 Å². The Balaban J connectivity index is 1.52. The summed E-state index contributed by atoms with van der Waals surface area (Å²) in [4.78, 5) is 27.6. The molecule has 26 heavy (non-hydrogen) atoms. The van der Waals surface area contributed by atoms with Crippen LogP contribution in [0, 0.1) is 0 Å². The Morgan fingerprint density at radius 1 is 1.08 bits per heavy atom. The molecule has 2 saturated heterocycles. The lowest BCUT2D eigenvalue weighted by Crippen LogP contribution is -2.54. The van der Waals surface area contributed by atoms with Crippen LogP contribution in [0.25, 0.3) is 0 Å².